The van der Waals surface area contributed by atoms with Crippen molar-refractivity contribution in [1.82, 2.24) is 0 Å². The van der Waals surface area contributed by atoms with Gasteiger partial charge in [0, 0.05) is 4.88 Å². The van der Waals surface area contributed by atoms with Crippen LogP contribution in [-0.4, -0.2) is 0 Å². The van der Waals surface area contributed by atoms with Crippen LogP contribution in [0.1, 0.15) is 29.9 Å². The minimum Gasteiger partial charge on any atom is -0.192 e. The predicted molar refractivity (Wildman–Crippen MR) is 52.8 cm³/mol. The minimum atomic E-state index is 0.645. The molecular formula is C9H10ClNS. The van der Waals surface area contributed by atoms with Gasteiger partial charge in [-0.05, 0) is 18.4 Å². The normalized spacial score (nSPS) is 9.83. The lowest BCUT2D eigenvalue weighted by atomic mass is 10.1. The van der Waals surface area contributed by atoms with Crippen molar-refractivity contribution in [3.05, 3.63) is 20.3 Å². The van der Waals surface area contributed by atoms with Crippen molar-refractivity contribution in [3.63, 3.8) is 0 Å². The molecule has 12 heavy (non-hydrogen) atoms. The Bertz CT molecular complexity index is 322. The zero-order valence-electron chi connectivity index (χ0n) is 7.15. The molecule has 0 amide bonds. The largest absolute Gasteiger partial charge is 0.192 e. The molecule has 1 aromatic heterocycles. The third-order valence-corrected chi connectivity index (χ3v) is 3.42. The molecule has 0 saturated carbocycles. The van der Waals surface area contributed by atoms with Crippen molar-refractivity contribution >= 4 is 22.9 Å². The molecule has 0 unspecified atom stereocenters. The highest BCUT2D eigenvalue weighted by Gasteiger charge is 2.13. The Hall–Kier alpha value is -0.520. The number of hydrogen-bond acceptors (Lipinski definition) is 2. The molecule has 0 saturated heterocycles. The maximum atomic E-state index is 8.81. The smallest absolute Gasteiger partial charge is 0.111 e. The second kappa shape index (κ2) is 3.93. The average molecular weight is 200 g/mol. The van der Waals surface area contributed by atoms with E-state index in [1.807, 2.05) is 0 Å². The molecule has 0 bridgehead atoms. The van der Waals surface area contributed by atoms with Crippen LogP contribution < -0.4 is 0 Å². The molecule has 0 spiro atoms. The second-order valence-corrected chi connectivity index (χ2v) is 4.18. The fourth-order valence-corrected chi connectivity index (χ4v) is 2.69. The summed E-state index contributed by atoms with van der Waals surface area (Å²) in [4.78, 5) is 1.25. The highest BCUT2D eigenvalue weighted by Crippen LogP contribution is 2.32. The number of rotatable bonds is 2. The van der Waals surface area contributed by atoms with Crippen molar-refractivity contribution in [2.45, 2.75) is 26.7 Å². The van der Waals surface area contributed by atoms with Gasteiger partial charge in [0.05, 0.1) is 5.56 Å². The number of halogens is 1. The fourth-order valence-electron chi connectivity index (χ4n) is 1.25. The van der Waals surface area contributed by atoms with Gasteiger partial charge in [-0.25, -0.2) is 0 Å². The van der Waals surface area contributed by atoms with Gasteiger partial charge in [0.1, 0.15) is 10.4 Å². The molecule has 0 aliphatic carbocycles. The van der Waals surface area contributed by atoms with Crippen LogP contribution in [0.5, 0.6) is 0 Å². The third kappa shape index (κ3) is 1.48. The van der Waals surface area contributed by atoms with Crippen molar-refractivity contribution in [2.75, 3.05) is 0 Å². The summed E-state index contributed by atoms with van der Waals surface area (Å²) < 4.78 is 0.645. The minimum absolute atomic E-state index is 0.645. The van der Waals surface area contributed by atoms with E-state index in [4.69, 9.17) is 16.9 Å². The van der Waals surface area contributed by atoms with Crippen molar-refractivity contribution in [2.24, 2.45) is 0 Å². The SMILES string of the molecule is CCc1sc(Cl)c(C#N)c1CC. The lowest BCUT2D eigenvalue weighted by Gasteiger charge is -1.95. The highest BCUT2D eigenvalue weighted by molar-refractivity contribution is 7.16. The summed E-state index contributed by atoms with van der Waals surface area (Å²) in [6.45, 7) is 4.14. The monoisotopic (exact) mass is 199 g/mol. The van der Waals surface area contributed by atoms with E-state index in [0.717, 1.165) is 18.4 Å². The molecule has 0 aliphatic rings. The van der Waals surface area contributed by atoms with Crippen molar-refractivity contribution < 1.29 is 0 Å². The van der Waals surface area contributed by atoms with Crippen LogP contribution in [0.15, 0.2) is 0 Å². The predicted octanol–water partition coefficient (Wildman–Crippen LogP) is 3.40. The van der Waals surface area contributed by atoms with Crippen molar-refractivity contribution in [3.8, 4) is 6.07 Å². The van der Waals surface area contributed by atoms with Gasteiger partial charge in [-0.3, -0.25) is 0 Å². The van der Waals surface area contributed by atoms with E-state index in [0.29, 0.717) is 9.90 Å². The zero-order chi connectivity index (χ0) is 9.14. The Morgan fingerprint density at radius 2 is 2.08 bits per heavy atom. The van der Waals surface area contributed by atoms with E-state index in [1.54, 1.807) is 0 Å². The van der Waals surface area contributed by atoms with E-state index >= 15 is 0 Å². The summed E-state index contributed by atoms with van der Waals surface area (Å²) in [5, 5.41) is 8.81. The Balaban J connectivity index is 3.28. The average Bonchev–Trinajstić information content (AvgIpc) is 2.40. The zero-order valence-corrected chi connectivity index (χ0v) is 8.72. The van der Waals surface area contributed by atoms with E-state index in [9.17, 15) is 0 Å². The number of thiophene rings is 1. The highest BCUT2D eigenvalue weighted by atomic mass is 35.5. The number of nitriles is 1. The van der Waals surface area contributed by atoms with E-state index < -0.39 is 0 Å². The van der Waals surface area contributed by atoms with Gasteiger partial charge in [-0.2, -0.15) is 5.26 Å². The van der Waals surface area contributed by atoms with Crippen LogP contribution in [0.3, 0.4) is 0 Å². The Morgan fingerprint density at radius 1 is 1.42 bits per heavy atom. The van der Waals surface area contributed by atoms with Gasteiger partial charge in [0.15, 0.2) is 0 Å². The molecule has 0 aromatic carbocycles. The van der Waals surface area contributed by atoms with Gasteiger partial charge in [0.2, 0.25) is 0 Å². The second-order valence-electron chi connectivity index (χ2n) is 2.47. The topological polar surface area (TPSA) is 23.8 Å². The first-order valence-corrected chi connectivity index (χ1v) is 5.14. The molecule has 0 radical (unpaired) electrons. The molecule has 0 aliphatic heterocycles. The lowest BCUT2D eigenvalue weighted by Crippen LogP contribution is -1.86. The van der Waals surface area contributed by atoms with Crippen LogP contribution in [0, 0.1) is 11.3 Å². The third-order valence-electron chi connectivity index (χ3n) is 1.83. The molecule has 1 nitrogen and oxygen atoms in total. The number of aryl methyl sites for hydroxylation is 1. The molecule has 0 N–H and O–H groups in total. The Morgan fingerprint density at radius 3 is 2.50 bits per heavy atom. The quantitative estimate of drug-likeness (QED) is 0.716. The molecule has 64 valence electrons. The van der Waals surface area contributed by atoms with Crippen LogP contribution in [0.25, 0.3) is 0 Å². The first kappa shape index (κ1) is 9.57. The van der Waals surface area contributed by atoms with Crippen molar-refractivity contribution in [1.29, 1.82) is 5.26 Å². The molecule has 0 atom stereocenters. The summed E-state index contributed by atoms with van der Waals surface area (Å²) in [5.41, 5.74) is 1.82. The lowest BCUT2D eigenvalue weighted by molar-refractivity contribution is 1.07. The van der Waals surface area contributed by atoms with Crippen LogP contribution >= 0.6 is 22.9 Å². The molecule has 1 heterocycles. The summed E-state index contributed by atoms with van der Waals surface area (Å²) >= 11 is 7.44. The first-order chi connectivity index (χ1) is 5.74. The fraction of sp³-hybridized carbons (Fsp3) is 0.444. The van der Waals surface area contributed by atoms with Gasteiger partial charge in [0.25, 0.3) is 0 Å². The van der Waals surface area contributed by atoms with E-state index in [1.165, 1.54) is 16.2 Å². The summed E-state index contributed by atoms with van der Waals surface area (Å²) in [7, 11) is 0. The van der Waals surface area contributed by atoms with Gasteiger partial charge in [-0.1, -0.05) is 25.4 Å². The molecule has 1 aromatic rings. The maximum absolute atomic E-state index is 8.81. The van der Waals surface area contributed by atoms with Gasteiger partial charge < -0.3 is 0 Å². The summed E-state index contributed by atoms with van der Waals surface area (Å²) in [6.07, 6.45) is 1.87. The standard InChI is InChI=1S/C9H10ClNS/c1-3-6-7(5-11)9(10)12-8(6)4-2/h3-4H2,1-2H3. The Labute approximate surface area is 81.6 Å². The van der Waals surface area contributed by atoms with E-state index in [-0.39, 0.29) is 0 Å². The Kier molecular flexibility index (Phi) is 3.13. The summed E-state index contributed by atoms with van der Waals surface area (Å²) in [5.74, 6) is 0. The number of hydrogen-bond donors (Lipinski definition) is 0. The summed E-state index contributed by atoms with van der Waals surface area (Å²) in [6, 6.07) is 2.15. The first-order valence-electron chi connectivity index (χ1n) is 3.94. The van der Waals surface area contributed by atoms with Gasteiger partial charge >= 0.3 is 0 Å². The maximum Gasteiger partial charge on any atom is 0.111 e. The van der Waals surface area contributed by atoms with Crippen LogP contribution in [-0.2, 0) is 12.8 Å². The molecule has 0 fully saturated rings. The van der Waals surface area contributed by atoms with Crippen LogP contribution in [0.4, 0.5) is 0 Å². The van der Waals surface area contributed by atoms with E-state index in [2.05, 4.69) is 19.9 Å². The molecule has 1 rings (SSSR count). The molecule has 3 heteroatoms. The number of nitrogens with zero attached hydrogens (tertiary/aromatic N) is 1. The molecular weight excluding hydrogens is 190 g/mol. The van der Waals surface area contributed by atoms with Gasteiger partial charge in [-0.15, -0.1) is 11.3 Å². The van der Waals surface area contributed by atoms with Crippen LogP contribution in [0.2, 0.25) is 4.34 Å².